The minimum Gasteiger partial charge on any atom is -0.497 e. The summed E-state index contributed by atoms with van der Waals surface area (Å²) in [5.41, 5.74) is 2.05. The molecule has 2 heterocycles. The maximum Gasteiger partial charge on any atom is 0.264 e. The van der Waals surface area contributed by atoms with Crippen molar-refractivity contribution in [2.75, 3.05) is 21.3 Å². The van der Waals surface area contributed by atoms with Crippen LogP contribution in [0.4, 0.5) is 0 Å². The number of thioether (sulfide) groups is 1. The summed E-state index contributed by atoms with van der Waals surface area (Å²) in [4.78, 5) is 19.9. The predicted molar refractivity (Wildman–Crippen MR) is 115 cm³/mol. The number of nitrogens with zero attached hydrogens (tertiary/aromatic N) is 4. The van der Waals surface area contributed by atoms with Crippen LogP contribution in [-0.4, -0.2) is 52.1 Å². The Morgan fingerprint density at radius 3 is 2.60 bits per heavy atom. The average molecular weight is 425 g/mol. The Balaban J connectivity index is 1.76. The van der Waals surface area contributed by atoms with Gasteiger partial charge in [0.2, 0.25) is 0 Å². The van der Waals surface area contributed by atoms with Crippen LogP contribution in [0, 0.1) is 6.92 Å². The third kappa shape index (κ3) is 3.80. The largest absolute Gasteiger partial charge is 0.497 e. The van der Waals surface area contributed by atoms with Gasteiger partial charge in [0.25, 0.3) is 5.91 Å². The lowest BCUT2D eigenvalue weighted by Crippen LogP contribution is -2.36. The molecule has 1 aromatic heterocycles. The fourth-order valence-corrected chi connectivity index (χ4v) is 5.10. The lowest BCUT2D eigenvalue weighted by atomic mass is 9.99. The summed E-state index contributed by atoms with van der Waals surface area (Å²) in [6.07, 6.45) is 0. The summed E-state index contributed by atoms with van der Waals surface area (Å²) < 4.78 is 12.5. The topological polar surface area (TPSA) is 69.5 Å². The second-order valence-electron chi connectivity index (χ2n) is 7.18. The molecular weight excluding hydrogens is 400 g/mol. The maximum atomic E-state index is 13.3. The SMILES string of the molecule is COc1ccc(OC)c(C(C2Sc3nc(C)nn3C2=O)N(C)Cc2ccccc2)c1. The van der Waals surface area contributed by atoms with Crippen molar-refractivity contribution >= 4 is 17.7 Å². The van der Waals surface area contributed by atoms with E-state index in [4.69, 9.17) is 9.47 Å². The van der Waals surface area contributed by atoms with Crippen molar-refractivity contribution < 1.29 is 14.3 Å². The Labute approximate surface area is 180 Å². The van der Waals surface area contributed by atoms with Crippen molar-refractivity contribution in [1.29, 1.82) is 0 Å². The molecule has 0 spiro atoms. The van der Waals surface area contributed by atoms with E-state index in [0.717, 1.165) is 11.1 Å². The standard InChI is InChI=1S/C22H24N4O3S/c1-14-23-22-26(24-14)21(27)20(30-22)19(25(2)13-15-8-6-5-7-9-15)17-12-16(28-3)10-11-18(17)29-4/h5-12,19-20H,13H2,1-4H3. The van der Waals surface area contributed by atoms with Crippen LogP contribution < -0.4 is 9.47 Å². The first-order chi connectivity index (χ1) is 14.5. The van der Waals surface area contributed by atoms with E-state index in [-0.39, 0.29) is 11.9 Å². The van der Waals surface area contributed by atoms with Gasteiger partial charge >= 0.3 is 0 Å². The highest BCUT2D eigenvalue weighted by Crippen LogP contribution is 2.44. The van der Waals surface area contributed by atoms with Gasteiger partial charge in [-0.05, 0) is 37.7 Å². The van der Waals surface area contributed by atoms with Crippen molar-refractivity contribution in [2.45, 2.75) is 29.9 Å². The van der Waals surface area contributed by atoms with Gasteiger partial charge < -0.3 is 9.47 Å². The predicted octanol–water partition coefficient (Wildman–Crippen LogP) is 3.59. The van der Waals surface area contributed by atoms with Crippen LogP contribution in [0.15, 0.2) is 53.7 Å². The fraction of sp³-hybridized carbons (Fsp3) is 0.318. The first-order valence-electron chi connectivity index (χ1n) is 9.62. The molecule has 0 bridgehead atoms. The molecule has 7 nitrogen and oxygen atoms in total. The zero-order chi connectivity index (χ0) is 21.3. The molecule has 0 radical (unpaired) electrons. The molecule has 2 atom stereocenters. The van der Waals surface area contributed by atoms with Gasteiger partial charge in [0.15, 0.2) is 5.16 Å². The highest BCUT2D eigenvalue weighted by Gasteiger charge is 2.43. The molecule has 4 rings (SSSR count). The van der Waals surface area contributed by atoms with E-state index in [2.05, 4.69) is 27.1 Å². The molecule has 30 heavy (non-hydrogen) atoms. The Bertz CT molecular complexity index is 1050. The molecule has 0 amide bonds. The van der Waals surface area contributed by atoms with Crippen LogP contribution in [0.5, 0.6) is 11.5 Å². The molecule has 0 fully saturated rings. The zero-order valence-corrected chi connectivity index (χ0v) is 18.2. The van der Waals surface area contributed by atoms with Crippen LogP contribution in [-0.2, 0) is 6.54 Å². The van der Waals surface area contributed by atoms with Gasteiger partial charge in [-0.15, -0.1) is 5.10 Å². The van der Waals surface area contributed by atoms with E-state index in [1.54, 1.807) is 21.1 Å². The van der Waals surface area contributed by atoms with Crippen molar-refractivity contribution in [3.8, 4) is 11.5 Å². The lowest BCUT2D eigenvalue weighted by Gasteiger charge is -2.32. The molecule has 8 heteroatoms. The van der Waals surface area contributed by atoms with Crippen molar-refractivity contribution in [3.05, 3.63) is 65.5 Å². The number of aromatic nitrogens is 3. The van der Waals surface area contributed by atoms with Crippen LogP contribution in [0.3, 0.4) is 0 Å². The summed E-state index contributed by atoms with van der Waals surface area (Å²) in [6, 6.07) is 15.6. The molecule has 1 aliphatic rings. The normalized spacial score (nSPS) is 16.6. The fourth-order valence-electron chi connectivity index (χ4n) is 3.77. The number of aryl methyl sites for hydroxylation is 1. The summed E-state index contributed by atoms with van der Waals surface area (Å²) >= 11 is 1.44. The second kappa shape index (κ2) is 8.49. The molecular formula is C22H24N4O3S. The van der Waals surface area contributed by atoms with Gasteiger partial charge in [-0.25, -0.2) is 4.98 Å². The van der Waals surface area contributed by atoms with Gasteiger partial charge in [-0.3, -0.25) is 9.69 Å². The van der Waals surface area contributed by atoms with Gasteiger partial charge in [0.1, 0.15) is 22.6 Å². The summed E-state index contributed by atoms with van der Waals surface area (Å²) in [7, 11) is 5.29. The average Bonchev–Trinajstić information content (AvgIpc) is 3.26. The Morgan fingerprint density at radius 1 is 1.17 bits per heavy atom. The first-order valence-corrected chi connectivity index (χ1v) is 10.5. The molecule has 2 unspecified atom stereocenters. The molecule has 3 aromatic rings. The van der Waals surface area contributed by atoms with Gasteiger partial charge in [-0.1, -0.05) is 42.1 Å². The Kier molecular flexibility index (Phi) is 5.78. The monoisotopic (exact) mass is 424 g/mol. The second-order valence-corrected chi connectivity index (χ2v) is 8.29. The summed E-state index contributed by atoms with van der Waals surface area (Å²) in [5, 5.41) is 4.50. The van der Waals surface area contributed by atoms with Crippen LogP contribution in [0.25, 0.3) is 0 Å². The van der Waals surface area contributed by atoms with Crippen LogP contribution >= 0.6 is 11.8 Å². The van der Waals surface area contributed by atoms with Gasteiger partial charge in [0.05, 0.1) is 20.3 Å². The molecule has 0 N–H and O–H groups in total. The van der Waals surface area contributed by atoms with Crippen LogP contribution in [0.2, 0.25) is 0 Å². The molecule has 0 saturated carbocycles. The number of carbonyl (C=O) groups excluding carboxylic acids is 1. The van der Waals surface area contributed by atoms with Crippen molar-refractivity contribution in [2.24, 2.45) is 0 Å². The van der Waals surface area contributed by atoms with E-state index < -0.39 is 5.25 Å². The van der Waals surface area contributed by atoms with Gasteiger partial charge in [0, 0.05) is 12.1 Å². The Morgan fingerprint density at radius 2 is 1.93 bits per heavy atom. The quantitative estimate of drug-likeness (QED) is 0.574. The third-order valence-corrected chi connectivity index (χ3v) is 6.35. The number of methoxy groups -OCH3 is 2. The third-order valence-electron chi connectivity index (χ3n) is 5.16. The van der Waals surface area contributed by atoms with E-state index in [1.807, 2.05) is 43.4 Å². The molecule has 1 aliphatic heterocycles. The molecule has 2 aromatic carbocycles. The first kappa shape index (κ1) is 20.4. The maximum absolute atomic E-state index is 13.3. The van der Waals surface area contributed by atoms with Gasteiger partial charge in [-0.2, -0.15) is 4.68 Å². The van der Waals surface area contributed by atoms with E-state index in [0.29, 0.717) is 29.0 Å². The minimum atomic E-state index is -0.407. The van der Waals surface area contributed by atoms with Crippen molar-refractivity contribution in [1.82, 2.24) is 19.7 Å². The highest BCUT2D eigenvalue weighted by molar-refractivity contribution is 8.00. The number of ether oxygens (including phenoxy) is 2. The summed E-state index contributed by atoms with van der Waals surface area (Å²) in [6.45, 7) is 2.46. The van der Waals surface area contributed by atoms with E-state index >= 15 is 0 Å². The summed E-state index contributed by atoms with van der Waals surface area (Å²) in [5.74, 6) is 1.94. The molecule has 0 aliphatic carbocycles. The number of rotatable bonds is 7. The number of carbonyl (C=O) groups is 1. The minimum absolute atomic E-state index is 0.0783. The number of hydrogen-bond donors (Lipinski definition) is 0. The zero-order valence-electron chi connectivity index (χ0n) is 17.4. The van der Waals surface area contributed by atoms with E-state index in [9.17, 15) is 4.79 Å². The lowest BCUT2D eigenvalue weighted by molar-refractivity contribution is 0.0844. The highest BCUT2D eigenvalue weighted by atomic mass is 32.2. The van der Waals surface area contributed by atoms with Crippen molar-refractivity contribution in [3.63, 3.8) is 0 Å². The van der Waals surface area contributed by atoms with Crippen LogP contribution in [0.1, 0.15) is 27.8 Å². The molecule has 0 saturated heterocycles. The number of benzene rings is 2. The molecule has 156 valence electrons. The Hall–Kier alpha value is -2.84. The van der Waals surface area contributed by atoms with E-state index in [1.165, 1.54) is 16.4 Å². The smallest absolute Gasteiger partial charge is 0.264 e. The number of fused-ring (bicyclic) bond motifs is 1. The number of hydrogen-bond acceptors (Lipinski definition) is 7.